The Kier molecular flexibility index (Phi) is 5.58. The SMILES string of the molecule is CCCCN(CCO)c1cccc(F)c1C(=N)N. The van der Waals surface area contributed by atoms with E-state index in [-0.39, 0.29) is 18.0 Å². The summed E-state index contributed by atoms with van der Waals surface area (Å²) in [6, 6.07) is 4.61. The molecule has 0 aromatic heterocycles. The van der Waals surface area contributed by atoms with Crippen LogP contribution in [0.2, 0.25) is 0 Å². The zero-order chi connectivity index (χ0) is 13.5. The Bertz CT molecular complexity index is 409. The number of hydrogen-bond acceptors (Lipinski definition) is 3. The second kappa shape index (κ2) is 6.96. The first-order valence-electron chi connectivity index (χ1n) is 6.10. The summed E-state index contributed by atoms with van der Waals surface area (Å²) in [6.07, 6.45) is 1.94. The van der Waals surface area contributed by atoms with E-state index in [1.165, 1.54) is 6.07 Å². The van der Waals surface area contributed by atoms with Crippen LogP contribution in [0.15, 0.2) is 18.2 Å². The normalized spacial score (nSPS) is 10.4. The quantitative estimate of drug-likeness (QED) is 0.511. The van der Waals surface area contributed by atoms with E-state index >= 15 is 0 Å². The second-order valence-corrected chi connectivity index (χ2v) is 4.11. The predicted octanol–water partition coefficient (Wildman–Crippen LogP) is 1.71. The minimum Gasteiger partial charge on any atom is -0.395 e. The standard InChI is InChI=1S/C13H20FN3O/c1-2-3-7-17(8-9-18)11-6-4-5-10(14)12(11)13(15)16/h4-6,18H,2-3,7-9H2,1H3,(H3,15,16). The number of anilines is 1. The summed E-state index contributed by atoms with van der Waals surface area (Å²) in [4.78, 5) is 1.86. The van der Waals surface area contributed by atoms with Crippen molar-refractivity contribution >= 4 is 11.5 Å². The molecule has 0 fully saturated rings. The lowest BCUT2D eigenvalue weighted by molar-refractivity contribution is 0.301. The zero-order valence-corrected chi connectivity index (χ0v) is 10.6. The Labute approximate surface area is 107 Å². The highest BCUT2D eigenvalue weighted by molar-refractivity contribution is 6.00. The van der Waals surface area contributed by atoms with E-state index in [1.807, 2.05) is 4.90 Å². The van der Waals surface area contributed by atoms with Crippen molar-refractivity contribution in [1.82, 2.24) is 0 Å². The molecule has 4 N–H and O–H groups in total. The van der Waals surface area contributed by atoms with Crippen LogP contribution in [0.4, 0.5) is 10.1 Å². The van der Waals surface area contributed by atoms with E-state index < -0.39 is 5.82 Å². The molecular weight excluding hydrogens is 233 g/mol. The van der Waals surface area contributed by atoms with Crippen molar-refractivity contribution in [1.29, 1.82) is 5.41 Å². The maximum atomic E-state index is 13.7. The summed E-state index contributed by atoms with van der Waals surface area (Å²) in [5.74, 6) is -0.790. The lowest BCUT2D eigenvalue weighted by atomic mass is 10.1. The summed E-state index contributed by atoms with van der Waals surface area (Å²) in [7, 11) is 0. The molecule has 0 radical (unpaired) electrons. The summed E-state index contributed by atoms with van der Waals surface area (Å²) in [5.41, 5.74) is 6.12. The van der Waals surface area contributed by atoms with Gasteiger partial charge in [-0.2, -0.15) is 0 Å². The van der Waals surface area contributed by atoms with E-state index in [0.717, 1.165) is 12.8 Å². The number of aliphatic hydroxyl groups excluding tert-OH is 1. The average Bonchev–Trinajstić information content (AvgIpc) is 2.33. The molecule has 0 aliphatic heterocycles. The molecule has 1 aromatic carbocycles. The van der Waals surface area contributed by atoms with E-state index in [1.54, 1.807) is 12.1 Å². The summed E-state index contributed by atoms with van der Waals surface area (Å²) in [5, 5.41) is 16.5. The molecule has 0 bridgehead atoms. The molecule has 1 rings (SSSR count). The summed E-state index contributed by atoms with van der Waals surface area (Å²) < 4.78 is 13.7. The molecule has 0 atom stereocenters. The maximum absolute atomic E-state index is 13.7. The monoisotopic (exact) mass is 253 g/mol. The van der Waals surface area contributed by atoms with Gasteiger partial charge in [-0.25, -0.2) is 4.39 Å². The lowest BCUT2D eigenvalue weighted by Gasteiger charge is -2.26. The van der Waals surface area contributed by atoms with Gasteiger partial charge in [-0.15, -0.1) is 0 Å². The maximum Gasteiger partial charge on any atom is 0.136 e. The first-order valence-corrected chi connectivity index (χ1v) is 6.10. The number of nitrogens with zero attached hydrogens (tertiary/aromatic N) is 1. The fraction of sp³-hybridized carbons (Fsp3) is 0.462. The van der Waals surface area contributed by atoms with E-state index in [0.29, 0.717) is 18.8 Å². The van der Waals surface area contributed by atoms with Crippen LogP contribution in [0.3, 0.4) is 0 Å². The van der Waals surface area contributed by atoms with E-state index in [2.05, 4.69) is 6.92 Å². The largest absolute Gasteiger partial charge is 0.395 e. The smallest absolute Gasteiger partial charge is 0.136 e. The molecular formula is C13H20FN3O. The van der Waals surface area contributed by atoms with Crippen LogP contribution in [-0.4, -0.2) is 30.6 Å². The van der Waals surface area contributed by atoms with Gasteiger partial charge in [0.15, 0.2) is 0 Å². The van der Waals surface area contributed by atoms with Crippen LogP contribution in [-0.2, 0) is 0 Å². The Hall–Kier alpha value is -1.62. The third-order valence-corrected chi connectivity index (χ3v) is 2.75. The van der Waals surface area contributed by atoms with Crippen molar-refractivity contribution in [2.45, 2.75) is 19.8 Å². The highest BCUT2D eigenvalue weighted by Crippen LogP contribution is 2.23. The minimum absolute atomic E-state index is 0.0163. The molecule has 5 heteroatoms. The average molecular weight is 253 g/mol. The van der Waals surface area contributed by atoms with Crippen molar-refractivity contribution in [3.63, 3.8) is 0 Å². The highest BCUT2D eigenvalue weighted by Gasteiger charge is 2.16. The number of nitrogen functional groups attached to an aromatic ring is 1. The van der Waals surface area contributed by atoms with Crippen molar-refractivity contribution in [2.24, 2.45) is 5.73 Å². The fourth-order valence-corrected chi connectivity index (χ4v) is 1.87. The van der Waals surface area contributed by atoms with Crippen molar-refractivity contribution in [2.75, 3.05) is 24.6 Å². The van der Waals surface area contributed by atoms with E-state index in [9.17, 15) is 4.39 Å². The van der Waals surface area contributed by atoms with Gasteiger partial charge in [0.25, 0.3) is 0 Å². The first kappa shape index (κ1) is 14.4. The molecule has 100 valence electrons. The molecule has 0 amide bonds. The van der Waals surface area contributed by atoms with Gasteiger partial charge in [-0.1, -0.05) is 19.4 Å². The Morgan fingerprint density at radius 2 is 2.17 bits per heavy atom. The van der Waals surface area contributed by atoms with Crippen LogP contribution in [0.1, 0.15) is 25.3 Å². The van der Waals surface area contributed by atoms with Gasteiger partial charge < -0.3 is 15.7 Å². The second-order valence-electron chi connectivity index (χ2n) is 4.11. The molecule has 0 aliphatic rings. The lowest BCUT2D eigenvalue weighted by Crippen LogP contribution is -2.30. The van der Waals surface area contributed by atoms with Crippen molar-refractivity contribution in [3.8, 4) is 0 Å². The third kappa shape index (κ3) is 3.43. The molecule has 0 heterocycles. The van der Waals surface area contributed by atoms with Crippen molar-refractivity contribution in [3.05, 3.63) is 29.6 Å². The molecule has 0 aliphatic carbocycles. The van der Waals surface area contributed by atoms with E-state index in [4.69, 9.17) is 16.2 Å². The number of nitrogens with two attached hydrogens (primary N) is 1. The van der Waals surface area contributed by atoms with Gasteiger partial charge in [0.1, 0.15) is 11.7 Å². The van der Waals surface area contributed by atoms with Crippen LogP contribution >= 0.6 is 0 Å². The summed E-state index contributed by atoms with van der Waals surface area (Å²) in [6.45, 7) is 3.16. The zero-order valence-electron chi connectivity index (χ0n) is 10.6. The number of amidine groups is 1. The Balaban J connectivity index is 3.10. The molecule has 0 saturated heterocycles. The minimum atomic E-state index is -0.501. The Morgan fingerprint density at radius 3 is 2.72 bits per heavy atom. The molecule has 0 spiro atoms. The van der Waals surface area contributed by atoms with Gasteiger partial charge >= 0.3 is 0 Å². The topological polar surface area (TPSA) is 73.3 Å². The van der Waals surface area contributed by atoms with Gasteiger partial charge in [0.05, 0.1) is 17.9 Å². The number of halogens is 1. The summed E-state index contributed by atoms with van der Waals surface area (Å²) >= 11 is 0. The van der Waals surface area contributed by atoms with Crippen LogP contribution < -0.4 is 10.6 Å². The molecule has 0 saturated carbocycles. The van der Waals surface area contributed by atoms with Gasteiger partial charge in [0, 0.05) is 13.1 Å². The first-order chi connectivity index (χ1) is 8.61. The number of benzene rings is 1. The molecule has 0 unspecified atom stereocenters. The van der Waals surface area contributed by atoms with Crippen LogP contribution in [0, 0.1) is 11.2 Å². The third-order valence-electron chi connectivity index (χ3n) is 2.75. The van der Waals surface area contributed by atoms with Gasteiger partial charge in [0.2, 0.25) is 0 Å². The number of aliphatic hydroxyl groups is 1. The number of hydrogen-bond donors (Lipinski definition) is 3. The van der Waals surface area contributed by atoms with Crippen LogP contribution in [0.5, 0.6) is 0 Å². The number of nitrogens with one attached hydrogen (secondary N) is 1. The fourth-order valence-electron chi connectivity index (χ4n) is 1.87. The highest BCUT2D eigenvalue weighted by atomic mass is 19.1. The van der Waals surface area contributed by atoms with Gasteiger partial charge in [-0.3, -0.25) is 5.41 Å². The number of rotatable bonds is 7. The van der Waals surface area contributed by atoms with Crippen molar-refractivity contribution < 1.29 is 9.50 Å². The molecule has 1 aromatic rings. The molecule has 18 heavy (non-hydrogen) atoms. The van der Waals surface area contributed by atoms with Crippen LogP contribution in [0.25, 0.3) is 0 Å². The Morgan fingerprint density at radius 1 is 1.44 bits per heavy atom. The number of unbranched alkanes of at least 4 members (excludes halogenated alkanes) is 1. The van der Waals surface area contributed by atoms with Gasteiger partial charge in [-0.05, 0) is 18.6 Å². The predicted molar refractivity (Wildman–Crippen MR) is 71.6 cm³/mol. The molecule has 4 nitrogen and oxygen atoms in total.